The van der Waals surface area contributed by atoms with E-state index >= 15 is 0 Å². The quantitative estimate of drug-likeness (QED) is 0.429. The first-order valence-electron chi connectivity index (χ1n) is 7.39. The molecular formula is C18H14Cl2FN3O3. The van der Waals surface area contributed by atoms with Crippen LogP contribution in [0.1, 0.15) is 0 Å². The summed E-state index contributed by atoms with van der Waals surface area (Å²) in [6.45, 7) is 3.41. The largest absolute Gasteiger partial charge is 0.495 e. The zero-order valence-electron chi connectivity index (χ0n) is 14.3. The van der Waals surface area contributed by atoms with Crippen molar-refractivity contribution in [3.05, 3.63) is 58.3 Å². The molecule has 1 amide bonds. The third-order valence-electron chi connectivity index (χ3n) is 3.45. The molecule has 0 saturated carbocycles. The molecule has 0 atom stereocenters. The van der Waals surface area contributed by atoms with Gasteiger partial charge in [-0.25, -0.2) is 9.40 Å². The molecule has 0 heterocycles. The standard InChI is InChI=1S/C18H14Cl2FN3O3/c1-10(9-22)18(25)24(15-8-17(27-3)13(20)7-12(15)19)23-11-4-5-16(26-2)14(21)6-11/h4-8,23H,1H2,2-3H3. The van der Waals surface area contributed by atoms with Crippen molar-refractivity contribution in [1.82, 2.24) is 0 Å². The number of nitrogens with one attached hydrogen (secondary N) is 1. The van der Waals surface area contributed by atoms with E-state index in [0.29, 0.717) is 0 Å². The van der Waals surface area contributed by atoms with E-state index in [9.17, 15) is 9.18 Å². The number of nitrogens with zero attached hydrogens (tertiary/aromatic N) is 2. The number of ether oxygens (including phenoxy) is 2. The van der Waals surface area contributed by atoms with Gasteiger partial charge in [-0.05, 0) is 18.2 Å². The molecular weight excluding hydrogens is 396 g/mol. The van der Waals surface area contributed by atoms with Crippen LogP contribution in [0.2, 0.25) is 10.0 Å². The molecule has 0 radical (unpaired) electrons. The Balaban J connectivity index is 2.53. The Kier molecular flexibility index (Phi) is 6.50. The van der Waals surface area contributed by atoms with Crippen LogP contribution in [0.25, 0.3) is 0 Å². The molecule has 2 aromatic rings. The number of methoxy groups -OCH3 is 2. The van der Waals surface area contributed by atoms with Crippen LogP contribution in [0.15, 0.2) is 42.5 Å². The van der Waals surface area contributed by atoms with Crippen molar-refractivity contribution in [3.8, 4) is 17.6 Å². The Bertz CT molecular complexity index is 944. The van der Waals surface area contributed by atoms with Crippen LogP contribution in [-0.4, -0.2) is 20.1 Å². The summed E-state index contributed by atoms with van der Waals surface area (Å²) in [5.41, 5.74) is 2.69. The molecule has 27 heavy (non-hydrogen) atoms. The molecule has 0 spiro atoms. The second-order valence-corrected chi connectivity index (χ2v) is 5.94. The molecule has 0 fully saturated rings. The average molecular weight is 410 g/mol. The summed E-state index contributed by atoms with van der Waals surface area (Å²) in [4.78, 5) is 12.6. The van der Waals surface area contributed by atoms with E-state index in [2.05, 4.69) is 12.0 Å². The van der Waals surface area contributed by atoms with E-state index in [1.807, 2.05) is 0 Å². The number of hydrogen-bond acceptors (Lipinski definition) is 5. The molecule has 2 rings (SSSR count). The van der Waals surface area contributed by atoms with Crippen LogP contribution in [0.3, 0.4) is 0 Å². The van der Waals surface area contributed by atoms with Crippen LogP contribution in [0, 0.1) is 17.1 Å². The summed E-state index contributed by atoms with van der Waals surface area (Å²) in [5.74, 6) is -1.15. The third-order valence-corrected chi connectivity index (χ3v) is 4.05. The fraction of sp³-hybridized carbons (Fsp3) is 0.111. The van der Waals surface area contributed by atoms with Crippen LogP contribution in [0.5, 0.6) is 11.5 Å². The summed E-state index contributed by atoms with van der Waals surface area (Å²) in [6, 6.07) is 8.43. The minimum atomic E-state index is -0.792. The summed E-state index contributed by atoms with van der Waals surface area (Å²) in [5, 5.41) is 10.3. The van der Waals surface area contributed by atoms with Crippen molar-refractivity contribution in [3.63, 3.8) is 0 Å². The number of carbonyl (C=O) groups excluding carboxylic acids is 1. The number of benzene rings is 2. The maximum absolute atomic E-state index is 14.0. The molecule has 6 nitrogen and oxygen atoms in total. The van der Waals surface area contributed by atoms with Crippen molar-refractivity contribution < 1.29 is 18.7 Å². The van der Waals surface area contributed by atoms with Gasteiger partial charge in [0.05, 0.1) is 35.6 Å². The fourth-order valence-corrected chi connectivity index (χ4v) is 2.66. The molecule has 0 saturated heterocycles. The number of hydrogen-bond donors (Lipinski definition) is 1. The molecule has 1 N–H and O–H groups in total. The fourth-order valence-electron chi connectivity index (χ4n) is 2.11. The molecule has 9 heteroatoms. The number of nitriles is 1. The van der Waals surface area contributed by atoms with Gasteiger partial charge in [0, 0.05) is 12.1 Å². The van der Waals surface area contributed by atoms with Crippen LogP contribution in [0.4, 0.5) is 15.8 Å². The Labute approximate surface area is 165 Å². The topological polar surface area (TPSA) is 74.6 Å². The van der Waals surface area contributed by atoms with Crippen LogP contribution in [-0.2, 0) is 4.79 Å². The maximum atomic E-state index is 14.0. The molecule has 0 aliphatic rings. The smallest absolute Gasteiger partial charge is 0.287 e. The van der Waals surface area contributed by atoms with Gasteiger partial charge in [-0.2, -0.15) is 5.26 Å². The number of amides is 1. The average Bonchev–Trinajstić information content (AvgIpc) is 2.65. The molecule has 0 aromatic heterocycles. The molecule has 0 bridgehead atoms. The minimum absolute atomic E-state index is 0.0334. The SMILES string of the molecule is C=C(C#N)C(=O)N(Nc1ccc(OC)c(F)c1)c1cc(OC)c(Cl)cc1Cl. The van der Waals surface area contributed by atoms with Crippen LogP contribution >= 0.6 is 23.2 Å². The zero-order valence-corrected chi connectivity index (χ0v) is 15.9. The van der Waals surface area contributed by atoms with E-state index in [0.717, 1.165) is 11.1 Å². The Morgan fingerprint density at radius 3 is 2.41 bits per heavy atom. The molecule has 0 unspecified atom stereocenters. The van der Waals surface area contributed by atoms with Gasteiger partial charge in [-0.1, -0.05) is 29.8 Å². The van der Waals surface area contributed by atoms with Crippen molar-refractivity contribution in [2.75, 3.05) is 24.7 Å². The summed E-state index contributed by atoms with van der Waals surface area (Å²) < 4.78 is 24.0. The van der Waals surface area contributed by atoms with Gasteiger partial charge in [-0.3, -0.25) is 10.2 Å². The van der Waals surface area contributed by atoms with Gasteiger partial charge in [0.15, 0.2) is 11.6 Å². The van der Waals surface area contributed by atoms with E-state index in [1.165, 1.54) is 38.5 Å². The minimum Gasteiger partial charge on any atom is -0.495 e. The van der Waals surface area contributed by atoms with Crippen molar-refractivity contribution in [2.24, 2.45) is 0 Å². The second kappa shape index (κ2) is 8.62. The number of rotatable bonds is 6. The van der Waals surface area contributed by atoms with Gasteiger partial charge in [0.2, 0.25) is 0 Å². The van der Waals surface area contributed by atoms with Crippen LogP contribution < -0.4 is 19.9 Å². The van der Waals surface area contributed by atoms with Gasteiger partial charge >= 0.3 is 0 Å². The summed E-state index contributed by atoms with van der Waals surface area (Å²) >= 11 is 12.2. The predicted octanol–water partition coefficient (Wildman–Crippen LogP) is 4.59. The number of anilines is 2. The highest BCUT2D eigenvalue weighted by atomic mass is 35.5. The lowest BCUT2D eigenvalue weighted by molar-refractivity contribution is -0.114. The third kappa shape index (κ3) is 4.42. The van der Waals surface area contributed by atoms with Crippen molar-refractivity contribution >= 4 is 40.5 Å². The maximum Gasteiger partial charge on any atom is 0.287 e. The molecule has 0 aliphatic heterocycles. The molecule has 140 valence electrons. The molecule has 2 aromatic carbocycles. The lowest BCUT2D eigenvalue weighted by Gasteiger charge is -2.25. The van der Waals surface area contributed by atoms with Crippen molar-refractivity contribution in [2.45, 2.75) is 0 Å². The first kappa shape index (κ1) is 20.4. The van der Waals surface area contributed by atoms with Gasteiger partial charge in [0.1, 0.15) is 17.4 Å². The van der Waals surface area contributed by atoms with E-state index in [-0.39, 0.29) is 38.5 Å². The zero-order chi connectivity index (χ0) is 20.1. The monoisotopic (exact) mass is 409 g/mol. The highest BCUT2D eigenvalue weighted by molar-refractivity contribution is 6.37. The first-order valence-corrected chi connectivity index (χ1v) is 8.14. The number of halogens is 3. The predicted molar refractivity (Wildman–Crippen MR) is 102 cm³/mol. The lowest BCUT2D eigenvalue weighted by atomic mass is 10.2. The van der Waals surface area contributed by atoms with E-state index < -0.39 is 11.7 Å². The lowest BCUT2D eigenvalue weighted by Crippen LogP contribution is -2.37. The van der Waals surface area contributed by atoms with Crippen molar-refractivity contribution in [1.29, 1.82) is 5.26 Å². The normalized spacial score (nSPS) is 9.93. The van der Waals surface area contributed by atoms with Gasteiger partial charge in [0.25, 0.3) is 5.91 Å². The first-order chi connectivity index (χ1) is 12.8. The second-order valence-electron chi connectivity index (χ2n) is 5.13. The summed E-state index contributed by atoms with van der Waals surface area (Å²) in [7, 11) is 2.73. The Hall–Kier alpha value is -2.95. The Morgan fingerprint density at radius 2 is 1.85 bits per heavy atom. The number of carbonyl (C=O) groups is 1. The highest BCUT2D eigenvalue weighted by Gasteiger charge is 2.23. The highest BCUT2D eigenvalue weighted by Crippen LogP contribution is 2.37. The summed E-state index contributed by atoms with van der Waals surface area (Å²) in [6.07, 6.45) is 0. The van der Waals surface area contributed by atoms with Gasteiger partial charge < -0.3 is 9.47 Å². The Morgan fingerprint density at radius 1 is 1.19 bits per heavy atom. The van der Waals surface area contributed by atoms with E-state index in [1.54, 1.807) is 6.07 Å². The van der Waals surface area contributed by atoms with E-state index in [4.69, 9.17) is 37.9 Å². The number of hydrazine groups is 1. The van der Waals surface area contributed by atoms with Gasteiger partial charge in [-0.15, -0.1) is 0 Å². The molecule has 0 aliphatic carbocycles.